The van der Waals surface area contributed by atoms with Crippen molar-refractivity contribution in [2.24, 2.45) is 11.8 Å². The van der Waals surface area contributed by atoms with Crippen LogP contribution in [0.5, 0.6) is 0 Å². The molecule has 1 aliphatic heterocycles. The van der Waals surface area contributed by atoms with Crippen LogP contribution in [-0.4, -0.2) is 38.3 Å². The largest absolute Gasteiger partial charge is 0.356 e. The highest BCUT2D eigenvalue weighted by Gasteiger charge is 2.30. The Morgan fingerprint density at radius 2 is 1.71 bits per heavy atom. The number of sulfonamides is 1. The molecule has 1 unspecified atom stereocenters. The van der Waals surface area contributed by atoms with E-state index < -0.39 is 15.8 Å². The van der Waals surface area contributed by atoms with Crippen molar-refractivity contribution in [3.8, 4) is 0 Å². The minimum Gasteiger partial charge on any atom is -0.356 e. The molecule has 1 amide bonds. The van der Waals surface area contributed by atoms with Gasteiger partial charge in [0.25, 0.3) is 0 Å². The van der Waals surface area contributed by atoms with E-state index in [2.05, 4.69) is 5.32 Å². The smallest absolute Gasteiger partial charge is 0.243 e. The van der Waals surface area contributed by atoms with Crippen molar-refractivity contribution in [2.45, 2.75) is 62.7 Å². The number of carbonyl (C=O) groups excluding carboxylic acids is 1. The van der Waals surface area contributed by atoms with E-state index in [4.69, 9.17) is 0 Å². The Kier molecular flexibility index (Phi) is 7.46. The van der Waals surface area contributed by atoms with Gasteiger partial charge in [-0.15, -0.1) is 0 Å². The third-order valence-electron chi connectivity index (χ3n) is 6.03. The first-order valence-electron chi connectivity index (χ1n) is 10.5. The van der Waals surface area contributed by atoms with Crippen LogP contribution in [0.1, 0.15) is 57.8 Å². The molecule has 7 heteroatoms. The normalized spacial score (nSPS) is 22.1. The molecular formula is C21H31FN2O3S. The van der Waals surface area contributed by atoms with Gasteiger partial charge in [0.05, 0.1) is 4.90 Å². The first kappa shape index (κ1) is 21.2. The van der Waals surface area contributed by atoms with Gasteiger partial charge < -0.3 is 5.32 Å². The number of piperidine rings is 1. The molecule has 0 bridgehead atoms. The molecule has 1 saturated carbocycles. The first-order chi connectivity index (χ1) is 13.4. The quantitative estimate of drug-likeness (QED) is 0.745. The average molecular weight is 411 g/mol. The Morgan fingerprint density at radius 3 is 2.43 bits per heavy atom. The summed E-state index contributed by atoms with van der Waals surface area (Å²) >= 11 is 0. The summed E-state index contributed by atoms with van der Waals surface area (Å²) in [7, 11) is -3.61. The second-order valence-corrected chi connectivity index (χ2v) is 10.1. The number of rotatable bonds is 7. The molecule has 2 aliphatic rings. The van der Waals surface area contributed by atoms with E-state index in [1.54, 1.807) is 0 Å². The number of amides is 1. The summed E-state index contributed by atoms with van der Waals surface area (Å²) in [4.78, 5) is 12.3. The summed E-state index contributed by atoms with van der Waals surface area (Å²) in [6.45, 7) is 1.67. The van der Waals surface area contributed by atoms with Crippen LogP contribution in [-0.2, 0) is 14.8 Å². The highest BCUT2D eigenvalue weighted by atomic mass is 32.2. The molecule has 1 aromatic rings. The number of carbonyl (C=O) groups is 1. The van der Waals surface area contributed by atoms with Crippen molar-refractivity contribution in [3.05, 3.63) is 30.1 Å². The Hall–Kier alpha value is -1.47. The summed E-state index contributed by atoms with van der Waals surface area (Å²) in [5.41, 5.74) is 0. The second kappa shape index (κ2) is 9.83. The lowest BCUT2D eigenvalue weighted by Crippen LogP contribution is -2.40. The lowest BCUT2D eigenvalue weighted by Gasteiger charge is -2.32. The van der Waals surface area contributed by atoms with E-state index in [9.17, 15) is 17.6 Å². The number of halogens is 1. The maximum Gasteiger partial charge on any atom is 0.243 e. The van der Waals surface area contributed by atoms with Crippen molar-refractivity contribution in [2.75, 3.05) is 19.6 Å². The zero-order valence-corrected chi connectivity index (χ0v) is 17.2. The highest BCUT2D eigenvalue weighted by Crippen LogP contribution is 2.27. The van der Waals surface area contributed by atoms with E-state index in [0.717, 1.165) is 19.4 Å². The minimum absolute atomic E-state index is 0.0732. The van der Waals surface area contributed by atoms with Crippen molar-refractivity contribution in [1.82, 2.24) is 9.62 Å². The van der Waals surface area contributed by atoms with Gasteiger partial charge in [0, 0.05) is 26.1 Å². The van der Waals surface area contributed by atoms with E-state index in [0.29, 0.717) is 31.8 Å². The van der Waals surface area contributed by atoms with Gasteiger partial charge in [-0.1, -0.05) is 19.3 Å². The number of benzene rings is 1. The van der Waals surface area contributed by atoms with Crippen molar-refractivity contribution >= 4 is 15.9 Å². The Labute approximate surface area is 167 Å². The molecule has 5 nitrogen and oxygen atoms in total. The molecule has 0 radical (unpaired) electrons. The molecule has 1 atom stereocenters. The Morgan fingerprint density at radius 1 is 1.04 bits per heavy atom. The summed E-state index contributed by atoms with van der Waals surface area (Å²) in [6.07, 6.45) is 9.12. The molecule has 1 N–H and O–H groups in total. The highest BCUT2D eigenvalue weighted by molar-refractivity contribution is 7.89. The van der Waals surface area contributed by atoms with E-state index in [-0.39, 0.29) is 16.7 Å². The van der Waals surface area contributed by atoms with Gasteiger partial charge in [0.1, 0.15) is 5.82 Å². The zero-order chi connectivity index (χ0) is 20.0. The summed E-state index contributed by atoms with van der Waals surface area (Å²) in [6, 6.07) is 4.97. The molecule has 3 rings (SSSR count). The van der Waals surface area contributed by atoms with Crippen LogP contribution < -0.4 is 5.32 Å². The fraction of sp³-hybridized carbons (Fsp3) is 0.667. The van der Waals surface area contributed by atoms with Crippen molar-refractivity contribution in [1.29, 1.82) is 0 Å². The fourth-order valence-electron chi connectivity index (χ4n) is 4.31. The van der Waals surface area contributed by atoms with Crippen LogP contribution in [0.4, 0.5) is 4.39 Å². The average Bonchev–Trinajstić information content (AvgIpc) is 2.72. The van der Waals surface area contributed by atoms with Gasteiger partial charge in [-0.3, -0.25) is 4.79 Å². The van der Waals surface area contributed by atoms with Crippen LogP contribution in [0.25, 0.3) is 0 Å². The summed E-state index contributed by atoms with van der Waals surface area (Å²) in [5.74, 6) is 0.423. The van der Waals surface area contributed by atoms with E-state index in [1.165, 1.54) is 60.7 Å². The lowest BCUT2D eigenvalue weighted by molar-refractivity contribution is -0.121. The lowest BCUT2D eigenvalue weighted by atomic mass is 9.89. The van der Waals surface area contributed by atoms with E-state index >= 15 is 0 Å². The predicted molar refractivity (Wildman–Crippen MR) is 107 cm³/mol. The predicted octanol–water partition coefficient (Wildman–Crippen LogP) is 3.70. The monoisotopic (exact) mass is 410 g/mol. The molecule has 2 fully saturated rings. The standard InChI is InChI=1S/C21H31FN2O3S/c22-19-9-11-20(12-10-19)28(26,27)24-14-4-7-18(16-24)8-13-21(25)23-15-17-5-2-1-3-6-17/h9-12,17-18H,1-8,13-16H2,(H,23,25). The second-order valence-electron chi connectivity index (χ2n) is 8.17. The molecule has 1 aliphatic carbocycles. The van der Waals surface area contributed by atoms with Gasteiger partial charge in [0.2, 0.25) is 15.9 Å². The Balaban J connectivity index is 1.46. The summed E-state index contributed by atoms with van der Waals surface area (Å²) in [5, 5.41) is 3.06. The minimum atomic E-state index is -3.61. The SMILES string of the molecule is O=C(CCC1CCCN(S(=O)(=O)c2ccc(F)cc2)C1)NCC1CCCCC1. The maximum absolute atomic E-state index is 13.1. The van der Waals surface area contributed by atoms with E-state index in [1.807, 2.05) is 0 Å². The molecule has 0 aromatic heterocycles. The van der Waals surface area contributed by atoms with Gasteiger partial charge in [0.15, 0.2) is 0 Å². The molecule has 156 valence electrons. The molecular weight excluding hydrogens is 379 g/mol. The van der Waals surface area contributed by atoms with Crippen LogP contribution in [0, 0.1) is 17.7 Å². The molecule has 1 heterocycles. The third kappa shape index (κ3) is 5.77. The van der Waals surface area contributed by atoms with Gasteiger partial charge in [-0.05, 0) is 68.2 Å². The van der Waals surface area contributed by atoms with Gasteiger partial charge >= 0.3 is 0 Å². The molecule has 1 saturated heterocycles. The number of nitrogens with zero attached hydrogens (tertiary/aromatic N) is 1. The molecule has 1 aromatic carbocycles. The Bertz CT molecular complexity index is 745. The van der Waals surface area contributed by atoms with Crippen LogP contribution in [0.3, 0.4) is 0 Å². The molecule has 0 spiro atoms. The number of hydrogen-bond donors (Lipinski definition) is 1. The van der Waals surface area contributed by atoms with Gasteiger partial charge in [-0.2, -0.15) is 4.31 Å². The zero-order valence-electron chi connectivity index (χ0n) is 16.4. The number of nitrogens with one attached hydrogen (secondary N) is 1. The van der Waals surface area contributed by atoms with Crippen LogP contribution in [0.15, 0.2) is 29.2 Å². The van der Waals surface area contributed by atoms with Crippen molar-refractivity contribution < 1.29 is 17.6 Å². The van der Waals surface area contributed by atoms with Crippen LogP contribution in [0.2, 0.25) is 0 Å². The maximum atomic E-state index is 13.1. The third-order valence-corrected chi connectivity index (χ3v) is 7.90. The molecule has 28 heavy (non-hydrogen) atoms. The topological polar surface area (TPSA) is 66.5 Å². The number of hydrogen-bond acceptors (Lipinski definition) is 3. The first-order valence-corrected chi connectivity index (χ1v) is 11.9. The van der Waals surface area contributed by atoms with Gasteiger partial charge in [-0.25, -0.2) is 12.8 Å². The van der Waals surface area contributed by atoms with Crippen LogP contribution >= 0.6 is 0 Å². The fourth-order valence-corrected chi connectivity index (χ4v) is 5.86. The summed E-state index contributed by atoms with van der Waals surface area (Å²) < 4.78 is 40.1. The van der Waals surface area contributed by atoms with Crippen molar-refractivity contribution in [3.63, 3.8) is 0 Å².